The molecule has 22 nitrogen and oxygen atoms in total. The van der Waals surface area contributed by atoms with Crippen molar-refractivity contribution in [2.45, 2.75) is 14.7 Å². The van der Waals surface area contributed by atoms with Gasteiger partial charge in [-0.25, -0.2) is 33.7 Å². The third-order valence-corrected chi connectivity index (χ3v) is 11.0. The van der Waals surface area contributed by atoms with Gasteiger partial charge in [-0.15, -0.1) is 19.7 Å². The van der Waals surface area contributed by atoms with Crippen LogP contribution in [0.2, 0.25) is 0 Å². The summed E-state index contributed by atoms with van der Waals surface area (Å²) in [7, 11) is -17.3. The molecular formula is C23H23N6Na3O16S5. The Morgan fingerprint density at radius 3 is 1.85 bits per heavy atom. The van der Waals surface area contributed by atoms with E-state index in [1.807, 2.05) is 0 Å². The molecule has 274 valence electrons. The average molecular weight is 869 g/mol. The van der Waals surface area contributed by atoms with E-state index in [0.29, 0.717) is 6.07 Å². The summed E-state index contributed by atoms with van der Waals surface area (Å²) >= 11 is 0.140. The van der Waals surface area contributed by atoms with E-state index in [-0.39, 0.29) is 130 Å². The van der Waals surface area contributed by atoms with Gasteiger partial charge in [0.25, 0.3) is 0 Å². The maximum atomic E-state index is 12.7. The van der Waals surface area contributed by atoms with Gasteiger partial charge in [0.1, 0.15) is 32.9 Å². The quantitative estimate of drug-likeness (QED) is 0.0138. The summed E-state index contributed by atoms with van der Waals surface area (Å²) in [6.07, 6.45) is 0. The molecule has 0 bridgehead atoms. The summed E-state index contributed by atoms with van der Waals surface area (Å²) in [5, 5.41) is 28.1. The first-order valence-corrected chi connectivity index (χ1v) is 19.6. The maximum Gasteiger partial charge on any atom is 1.00 e. The molecule has 0 saturated carbocycles. The van der Waals surface area contributed by atoms with Crippen molar-refractivity contribution in [2.24, 2.45) is 20.5 Å². The van der Waals surface area contributed by atoms with Crippen molar-refractivity contribution in [3.05, 3.63) is 48.5 Å². The summed E-state index contributed by atoms with van der Waals surface area (Å²) in [6, 6.07) is 8.71. The number of methoxy groups -OCH3 is 1. The van der Waals surface area contributed by atoms with E-state index in [1.165, 1.54) is 31.4 Å². The zero-order chi connectivity index (χ0) is 37.3. The first kappa shape index (κ1) is 52.1. The Bertz CT molecular complexity index is 2210. The zero-order valence-corrected chi connectivity index (χ0v) is 38.0. The van der Waals surface area contributed by atoms with Crippen molar-refractivity contribution in [2.75, 3.05) is 43.3 Å². The Hall–Kier alpha value is -0.870. The third-order valence-electron chi connectivity index (χ3n) is 5.94. The van der Waals surface area contributed by atoms with Gasteiger partial charge in [-0.2, -0.15) is 5.11 Å². The van der Waals surface area contributed by atoms with Crippen molar-refractivity contribution >= 4 is 86.6 Å². The smallest absolute Gasteiger partial charge is 0.744 e. The van der Waals surface area contributed by atoms with Crippen LogP contribution in [0.3, 0.4) is 0 Å². The van der Waals surface area contributed by atoms with Crippen LogP contribution in [-0.4, -0.2) is 74.6 Å². The molecule has 0 aromatic heterocycles. The average Bonchev–Trinajstić information content (AvgIpc) is 3.03. The minimum atomic E-state index is -5.28. The maximum absolute atomic E-state index is 12.7. The van der Waals surface area contributed by atoms with E-state index in [1.54, 1.807) is 0 Å². The van der Waals surface area contributed by atoms with Crippen LogP contribution in [0, 0.1) is 0 Å². The normalized spacial score (nSPS) is 12.2. The molecule has 0 aliphatic rings. The number of hydrogen-bond donors (Lipinski definition) is 2. The fourth-order valence-electron chi connectivity index (χ4n) is 3.63. The van der Waals surface area contributed by atoms with Gasteiger partial charge in [0.2, 0.25) is 10.4 Å². The number of hydrogen-bond acceptors (Lipinski definition) is 23. The van der Waals surface area contributed by atoms with Crippen molar-refractivity contribution in [3.8, 4) is 5.75 Å². The summed E-state index contributed by atoms with van der Waals surface area (Å²) in [5.41, 5.74) is 9.56. The number of sulfone groups is 2. The van der Waals surface area contributed by atoms with Gasteiger partial charge in [-0.1, -0.05) is 0 Å². The minimum Gasteiger partial charge on any atom is -0.744 e. The molecule has 0 atom stereocenters. The number of rotatable bonds is 18. The molecule has 3 aromatic rings. The van der Waals surface area contributed by atoms with Crippen molar-refractivity contribution in [3.63, 3.8) is 0 Å². The molecule has 3 aromatic carbocycles. The summed E-state index contributed by atoms with van der Waals surface area (Å²) in [4.78, 5) is -1.59. The Morgan fingerprint density at radius 1 is 0.717 bits per heavy atom. The second-order valence-corrected chi connectivity index (χ2v) is 16.3. The van der Waals surface area contributed by atoms with Crippen LogP contribution in [0.15, 0.2) is 83.7 Å². The van der Waals surface area contributed by atoms with E-state index >= 15 is 0 Å². The zero-order valence-electron chi connectivity index (χ0n) is 28.0. The Balaban J connectivity index is 0.00000901. The van der Waals surface area contributed by atoms with Gasteiger partial charge in [0.05, 0.1) is 63.6 Å². The molecule has 0 amide bonds. The van der Waals surface area contributed by atoms with Gasteiger partial charge in [0, 0.05) is 0 Å². The molecule has 0 aliphatic heterocycles. The minimum absolute atomic E-state index is 0. The van der Waals surface area contributed by atoms with E-state index < -0.39 is 90.8 Å². The van der Waals surface area contributed by atoms with Crippen LogP contribution in [0.5, 0.6) is 5.75 Å². The molecule has 53 heavy (non-hydrogen) atoms. The van der Waals surface area contributed by atoms with E-state index in [9.17, 15) is 48.0 Å². The number of nitrogens with zero attached hydrogens (tertiary/aromatic N) is 4. The van der Waals surface area contributed by atoms with Crippen LogP contribution in [0.25, 0.3) is 0 Å². The standard InChI is InChI=1S/C23H26N6O16S5.3Na/c1-41-19-7-6-16(48(33,34)11-9-43-50(38,39)40)12-17(19)27-29-23-21(24)18(13-20(22(23)25)49(35,36)37)28-26-14-2-4-15(5-3-14)47(31,32)10-8-42-46-45-44-30;;;/h2-7,12-13,30H,8-11,24-25H2,1H3,(H,35,36,37)(H,38,39,40);;;/q;3*+1/p-3. The summed E-state index contributed by atoms with van der Waals surface area (Å²) < 4.78 is 136. The van der Waals surface area contributed by atoms with Gasteiger partial charge in [-0.05, 0) is 48.5 Å². The molecule has 0 radical (unpaired) electrons. The molecule has 30 heteroatoms. The second-order valence-electron chi connectivity index (χ2n) is 9.15. The summed E-state index contributed by atoms with van der Waals surface area (Å²) in [5.74, 6) is -1.47. The van der Waals surface area contributed by atoms with Crippen LogP contribution < -0.4 is 110 Å². The number of benzene rings is 3. The van der Waals surface area contributed by atoms with Crippen LogP contribution in [-0.2, 0) is 57.9 Å². The Kier molecular flexibility index (Phi) is 22.4. The van der Waals surface area contributed by atoms with Crippen molar-refractivity contribution in [1.82, 2.24) is 0 Å². The topological polar surface area (TPSA) is 353 Å². The molecule has 0 saturated heterocycles. The molecule has 0 aliphatic carbocycles. The van der Waals surface area contributed by atoms with E-state index in [4.69, 9.17) is 20.4 Å². The summed E-state index contributed by atoms with van der Waals surface area (Å²) in [6.45, 7) is -1.34. The number of anilines is 2. The van der Waals surface area contributed by atoms with Crippen LogP contribution in [0.4, 0.5) is 34.1 Å². The molecule has 3 rings (SSSR count). The predicted octanol–water partition coefficient (Wildman–Crippen LogP) is -7.57. The number of azo groups is 2. The van der Waals surface area contributed by atoms with Gasteiger partial charge in [0.15, 0.2) is 32.0 Å². The van der Waals surface area contributed by atoms with Gasteiger partial charge >= 0.3 is 88.7 Å². The second kappa shape index (κ2) is 22.8. The van der Waals surface area contributed by atoms with E-state index in [0.717, 1.165) is 18.2 Å². The number of nitrogen functional groups attached to an aromatic ring is 2. The van der Waals surface area contributed by atoms with Crippen LogP contribution >= 0.6 is 12.3 Å². The van der Waals surface area contributed by atoms with Gasteiger partial charge in [-0.3, -0.25) is 13.4 Å². The fourth-order valence-corrected chi connectivity index (χ4v) is 7.16. The van der Waals surface area contributed by atoms with Crippen molar-refractivity contribution in [1.29, 1.82) is 0 Å². The Morgan fingerprint density at radius 2 is 1.28 bits per heavy atom. The molecular weight excluding hydrogens is 846 g/mol. The SMILES string of the molecule is COc1ccc(S(=O)(=O)CCOS(=O)(=O)[O-])cc1N=Nc1c(N)c(N=Nc2ccc(S(=O)(=O)CCOSOO[O-])cc2)cc(S(=O)(=O)[O-])c1N.[Na+].[Na+].[Na+]. The molecule has 0 unspecified atom stereocenters. The van der Waals surface area contributed by atoms with Crippen LogP contribution in [0.1, 0.15) is 0 Å². The predicted molar refractivity (Wildman–Crippen MR) is 166 cm³/mol. The molecule has 4 N–H and O–H groups in total. The monoisotopic (exact) mass is 868 g/mol. The largest absolute Gasteiger partial charge is 1.00 e. The third kappa shape index (κ3) is 15.9. The van der Waals surface area contributed by atoms with E-state index in [2.05, 4.69) is 34.0 Å². The molecule has 0 fully saturated rings. The molecule has 0 heterocycles. The first-order valence-electron chi connectivity index (χ1n) is 12.9. The fraction of sp³-hybridized carbons (Fsp3) is 0.217. The Labute approximate surface area is 374 Å². The number of ether oxygens (including phenoxy) is 1. The number of nitrogens with two attached hydrogens (primary N) is 2. The van der Waals surface area contributed by atoms with Crippen molar-refractivity contribution < 1.29 is 159 Å². The first-order chi connectivity index (χ1) is 23.3. The molecule has 0 spiro atoms. The van der Waals surface area contributed by atoms with Gasteiger partial charge < -0.3 is 30.6 Å².